The van der Waals surface area contributed by atoms with E-state index in [2.05, 4.69) is 0 Å². The molecular formula is C12H12N2O. The fraction of sp³-hybridized carbons (Fsp3) is 0.0833. The molecule has 2 aromatic rings. The van der Waals surface area contributed by atoms with Crippen LogP contribution in [0.25, 0.3) is 5.69 Å². The molecule has 0 aliphatic heterocycles. The van der Waals surface area contributed by atoms with Crippen LogP contribution in [0.2, 0.25) is 0 Å². The van der Waals surface area contributed by atoms with E-state index < -0.39 is 0 Å². The van der Waals surface area contributed by atoms with E-state index in [0.29, 0.717) is 0 Å². The van der Waals surface area contributed by atoms with E-state index >= 15 is 0 Å². The molecule has 0 saturated heterocycles. The molecule has 0 aliphatic rings. The summed E-state index contributed by atoms with van der Waals surface area (Å²) in [6.45, 7) is 0. The molecule has 3 heteroatoms. The van der Waals surface area contributed by atoms with Gasteiger partial charge in [-0.15, -0.1) is 0 Å². The smallest absolute Gasteiger partial charge is 0.214 e. The number of para-hydroxylation sites is 1. The average Bonchev–Trinajstić information content (AvgIpc) is 2.78. The fourth-order valence-electron chi connectivity index (χ4n) is 1.41. The van der Waals surface area contributed by atoms with Crippen molar-refractivity contribution in [1.29, 1.82) is 5.41 Å². The highest BCUT2D eigenvalue weighted by Crippen LogP contribution is 2.10. The summed E-state index contributed by atoms with van der Waals surface area (Å²) in [4.78, 5) is 0. The third-order valence-electron chi connectivity index (χ3n) is 2.21. The van der Waals surface area contributed by atoms with Gasteiger partial charge in [0.1, 0.15) is 0 Å². The Morgan fingerprint density at radius 2 is 1.93 bits per heavy atom. The number of nitrogens with one attached hydrogen (secondary N) is 1. The van der Waals surface area contributed by atoms with Gasteiger partial charge in [-0.3, -0.25) is 5.41 Å². The Hall–Kier alpha value is -2.03. The van der Waals surface area contributed by atoms with Gasteiger partial charge >= 0.3 is 0 Å². The second kappa shape index (κ2) is 4.00. The Kier molecular flexibility index (Phi) is 2.54. The van der Waals surface area contributed by atoms with Gasteiger partial charge in [0.2, 0.25) is 5.90 Å². The fourth-order valence-corrected chi connectivity index (χ4v) is 1.41. The molecule has 3 nitrogen and oxygen atoms in total. The molecule has 0 bridgehead atoms. The topological polar surface area (TPSA) is 38.0 Å². The second-order valence-electron chi connectivity index (χ2n) is 3.18. The number of aromatic nitrogens is 1. The van der Waals surface area contributed by atoms with Crippen molar-refractivity contribution in [2.75, 3.05) is 7.11 Å². The standard InChI is InChI=1S/C12H12N2O/c1-15-12(13)10-7-8-14(9-10)11-5-3-2-4-6-11/h2-9,13H,1H3. The summed E-state index contributed by atoms with van der Waals surface area (Å²) in [6.07, 6.45) is 3.79. The van der Waals surface area contributed by atoms with Crippen molar-refractivity contribution in [2.45, 2.75) is 0 Å². The third kappa shape index (κ3) is 1.91. The van der Waals surface area contributed by atoms with Crippen molar-refractivity contribution in [2.24, 2.45) is 0 Å². The Morgan fingerprint density at radius 3 is 2.60 bits per heavy atom. The molecule has 0 fully saturated rings. The van der Waals surface area contributed by atoms with E-state index in [-0.39, 0.29) is 5.90 Å². The molecule has 0 aliphatic carbocycles. The maximum Gasteiger partial charge on any atom is 0.214 e. The van der Waals surface area contributed by atoms with Crippen molar-refractivity contribution in [1.82, 2.24) is 4.57 Å². The normalized spacial score (nSPS) is 9.93. The molecule has 0 radical (unpaired) electrons. The summed E-state index contributed by atoms with van der Waals surface area (Å²) in [5, 5.41) is 7.52. The molecule has 0 atom stereocenters. The van der Waals surface area contributed by atoms with Gasteiger partial charge in [0.15, 0.2) is 0 Å². The molecule has 1 N–H and O–H groups in total. The van der Waals surface area contributed by atoms with E-state index in [0.717, 1.165) is 11.3 Å². The van der Waals surface area contributed by atoms with Crippen LogP contribution in [-0.4, -0.2) is 17.6 Å². The maximum atomic E-state index is 7.52. The average molecular weight is 200 g/mol. The zero-order valence-electron chi connectivity index (χ0n) is 8.47. The number of benzene rings is 1. The van der Waals surface area contributed by atoms with Crippen LogP contribution in [0.3, 0.4) is 0 Å². The zero-order chi connectivity index (χ0) is 10.7. The summed E-state index contributed by atoms with van der Waals surface area (Å²) < 4.78 is 6.82. The molecule has 1 heterocycles. The summed E-state index contributed by atoms with van der Waals surface area (Å²) in [7, 11) is 1.50. The van der Waals surface area contributed by atoms with Crippen molar-refractivity contribution in [3.8, 4) is 5.69 Å². The summed E-state index contributed by atoms with van der Waals surface area (Å²) >= 11 is 0. The number of hydrogen-bond acceptors (Lipinski definition) is 2. The van der Waals surface area contributed by atoms with Crippen LogP contribution in [0, 0.1) is 5.41 Å². The van der Waals surface area contributed by atoms with Crippen molar-refractivity contribution in [3.05, 3.63) is 54.4 Å². The molecule has 76 valence electrons. The molecular weight excluding hydrogens is 188 g/mol. The minimum Gasteiger partial charge on any atom is -0.481 e. The largest absolute Gasteiger partial charge is 0.481 e. The molecule has 1 aromatic heterocycles. The van der Waals surface area contributed by atoms with Gasteiger partial charge in [-0.25, -0.2) is 0 Å². The molecule has 0 saturated carbocycles. The van der Waals surface area contributed by atoms with Gasteiger partial charge in [-0.2, -0.15) is 0 Å². The monoisotopic (exact) mass is 200 g/mol. The highest BCUT2D eigenvalue weighted by Gasteiger charge is 2.03. The number of ether oxygens (including phenoxy) is 1. The number of rotatable bonds is 2. The van der Waals surface area contributed by atoms with Crippen LogP contribution in [0.1, 0.15) is 5.56 Å². The predicted octanol–water partition coefficient (Wildman–Crippen LogP) is 2.45. The molecule has 15 heavy (non-hydrogen) atoms. The van der Waals surface area contributed by atoms with E-state index in [1.54, 1.807) is 0 Å². The Bertz CT molecular complexity index is 459. The van der Waals surface area contributed by atoms with E-state index in [4.69, 9.17) is 10.1 Å². The van der Waals surface area contributed by atoms with Crippen LogP contribution in [0.4, 0.5) is 0 Å². The third-order valence-corrected chi connectivity index (χ3v) is 2.21. The van der Waals surface area contributed by atoms with Crippen LogP contribution >= 0.6 is 0 Å². The van der Waals surface area contributed by atoms with Gasteiger partial charge in [0.25, 0.3) is 0 Å². The number of hydrogen-bond donors (Lipinski definition) is 1. The SMILES string of the molecule is COC(=N)c1ccn(-c2ccccc2)c1. The van der Waals surface area contributed by atoms with Crippen molar-refractivity contribution in [3.63, 3.8) is 0 Å². The van der Waals surface area contributed by atoms with Gasteiger partial charge < -0.3 is 9.30 Å². The maximum absolute atomic E-state index is 7.52. The molecule has 0 spiro atoms. The molecule has 0 amide bonds. The van der Waals surface area contributed by atoms with Crippen molar-refractivity contribution < 1.29 is 4.74 Å². The predicted molar refractivity (Wildman–Crippen MR) is 59.6 cm³/mol. The van der Waals surface area contributed by atoms with E-state index in [1.807, 2.05) is 53.4 Å². The lowest BCUT2D eigenvalue weighted by Gasteiger charge is -2.01. The molecule has 0 unspecified atom stereocenters. The number of nitrogens with zero attached hydrogens (tertiary/aromatic N) is 1. The Morgan fingerprint density at radius 1 is 1.20 bits per heavy atom. The quantitative estimate of drug-likeness (QED) is 0.587. The lowest BCUT2D eigenvalue weighted by atomic mass is 10.3. The molecule has 2 rings (SSSR count). The van der Waals surface area contributed by atoms with Gasteiger partial charge in [0, 0.05) is 18.1 Å². The van der Waals surface area contributed by atoms with Gasteiger partial charge in [-0.1, -0.05) is 18.2 Å². The zero-order valence-corrected chi connectivity index (χ0v) is 8.47. The first-order valence-corrected chi connectivity index (χ1v) is 4.67. The van der Waals surface area contributed by atoms with Crippen molar-refractivity contribution >= 4 is 5.90 Å². The highest BCUT2D eigenvalue weighted by atomic mass is 16.5. The van der Waals surface area contributed by atoms with Crippen LogP contribution in [0.15, 0.2) is 48.8 Å². The van der Waals surface area contributed by atoms with Crippen LogP contribution in [0.5, 0.6) is 0 Å². The number of methoxy groups -OCH3 is 1. The van der Waals surface area contributed by atoms with Gasteiger partial charge in [0.05, 0.1) is 12.7 Å². The Balaban J connectivity index is 2.32. The van der Waals surface area contributed by atoms with E-state index in [9.17, 15) is 0 Å². The highest BCUT2D eigenvalue weighted by molar-refractivity contribution is 5.91. The lowest BCUT2D eigenvalue weighted by molar-refractivity contribution is 0.401. The second-order valence-corrected chi connectivity index (χ2v) is 3.18. The summed E-state index contributed by atoms with van der Waals surface area (Å²) in [6, 6.07) is 11.8. The minimum atomic E-state index is 0.185. The van der Waals surface area contributed by atoms with E-state index in [1.165, 1.54) is 7.11 Å². The lowest BCUT2D eigenvalue weighted by Crippen LogP contribution is -1.99. The molecule has 1 aromatic carbocycles. The minimum absolute atomic E-state index is 0.185. The van der Waals surface area contributed by atoms with Crippen LogP contribution in [-0.2, 0) is 4.74 Å². The summed E-state index contributed by atoms with van der Waals surface area (Å²) in [5.41, 5.74) is 1.86. The first-order chi connectivity index (χ1) is 7.31. The first kappa shape index (κ1) is 9.52. The van der Waals surface area contributed by atoms with Gasteiger partial charge in [-0.05, 0) is 18.2 Å². The van der Waals surface area contributed by atoms with Crippen LogP contribution < -0.4 is 0 Å². The Labute approximate surface area is 88.4 Å². The first-order valence-electron chi connectivity index (χ1n) is 4.67. The summed E-state index contributed by atoms with van der Waals surface area (Å²) in [5.74, 6) is 0.185.